The average Bonchev–Trinajstić information content (AvgIpc) is 1.69. The molecule has 0 heterocycles. The van der Waals surface area contributed by atoms with E-state index in [9.17, 15) is 0 Å². The summed E-state index contributed by atoms with van der Waals surface area (Å²) >= 11 is 5.43. The Morgan fingerprint density at radius 3 is 2.86 bits per heavy atom. The Morgan fingerprint density at radius 1 is 1.71 bits per heavy atom. The van der Waals surface area contributed by atoms with Crippen molar-refractivity contribution >= 4 is 21.1 Å². The van der Waals surface area contributed by atoms with Crippen LogP contribution in [0.1, 0.15) is 6.42 Å². The van der Waals surface area contributed by atoms with Crippen LogP contribution in [0.15, 0.2) is 12.3 Å². The maximum absolute atomic E-state index is 5.43. The van der Waals surface area contributed by atoms with Crippen molar-refractivity contribution in [1.82, 2.24) is 0 Å². The van der Waals surface area contributed by atoms with Crippen molar-refractivity contribution in [2.75, 3.05) is 5.88 Å². The highest BCUT2D eigenvalue weighted by molar-refractivity contribution is 6.41. The van der Waals surface area contributed by atoms with Gasteiger partial charge in [-0.05, 0) is 6.42 Å². The van der Waals surface area contributed by atoms with Gasteiger partial charge >= 0.3 is 0 Å². The van der Waals surface area contributed by atoms with Crippen LogP contribution in [0.3, 0.4) is 0 Å². The molecule has 0 unspecified atom stereocenters. The molecule has 0 aliphatic heterocycles. The minimum atomic E-state index is 0.0902. The fraction of sp³-hybridized carbons (Fsp3) is 0.600. The zero-order valence-corrected chi connectivity index (χ0v) is 6.66. The second kappa shape index (κ2) is 6.25. The SMILES string of the molecule is C=C[SiH2]CCCCl. The fourth-order valence-electron chi connectivity index (χ4n) is 0.383. The number of hydrogen-bond acceptors (Lipinski definition) is 0. The molecule has 7 heavy (non-hydrogen) atoms. The molecule has 0 aromatic carbocycles. The molecule has 0 aliphatic carbocycles. The molecule has 0 aromatic rings. The topological polar surface area (TPSA) is 0 Å². The molecule has 0 saturated heterocycles. The molecule has 0 atom stereocenters. The van der Waals surface area contributed by atoms with Crippen molar-refractivity contribution < 1.29 is 0 Å². The molecule has 0 saturated carbocycles. The zero-order chi connectivity index (χ0) is 5.54. The monoisotopic (exact) mass is 134 g/mol. The molecule has 0 aromatic heterocycles. The lowest BCUT2D eigenvalue weighted by Gasteiger charge is -1.85. The molecule has 0 radical (unpaired) electrons. The smallest absolute Gasteiger partial charge is 0.0446 e. The molecule has 0 spiro atoms. The van der Waals surface area contributed by atoms with E-state index in [4.69, 9.17) is 11.6 Å². The minimum Gasteiger partial charge on any atom is -0.127 e. The van der Waals surface area contributed by atoms with Crippen LogP contribution in [0, 0.1) is 0 Å². The zero-order valence-electron chi connectivity index (χ0n) is 4.49. The number of rotatable bonds is 4. The van der Waals surface area contributed by atoms with E-state index in [1.807, 2.05) is 0 Å². The molecule has 0 nitrogen and oxygen atoms in total. The summed E-state index contributed by atoms with van der Waals surface area (Å²) in [6.07, 6.45) is 1.18. The second-order valence-corrected chi connectivity index (χ2v) is 3.71. The van der Waals surface area contributed by atoms with Crippen LogP contribution >= 0.6 is 11.6 Å². The molecular formula is C5H11ClSi. The largest absolute Gasteiger partial charge is 0.127 e. The van der Waals surface area contributed by atoms with E-state index in [1.54, 1.807) is 0 Å². The summed E-state index contributed by atoms with van der Waals surface area (Å²) in [5.41, 5.74) is 2.06. The number of hydrogen-bond donors (Lipinski definition) is 0. The lowest BCUT2D eigenvalue weighted by molar-refractivity contribution is 1.09. The van der Waals surface area contributed by atoms with Gasteiger partial charge in [-0.15, -0.1) is 23.9 Å². The van der Waals surface area contributed by atoms with Gasteiger partial charge in [-0.25, -0.2) is 0 Å². The Kier molecular flexibility index (Phi) is 6.47. The highest BCUT2D eigenvalue weighted by Gasteiger charge is 1.79. The van der Waals surface area contributed by atoms with Gasteiger partial charge in [-0.1, -0.05) is 6.04 Å². The summed E-state index contributed by atoms with van der Waals surface area (Å²) in [5, 5.41) is 0. The van der Waals surface area contributed by atoms with Gasteiger partial charge in [0.1, 0.15) is 0 Å². The summed E-state index contributed by atoms with van der Waals surface area (Å²) in [6, 6.07) is 1.33. The maximum Gasteiger partial charge on any atom is 0.0446 e. The quantitative estimate of drug-likeness (QED) is 0.309. The van der Waals surface area contributed by atoms with Crippen molar-refractivity contribution in [1.29, 1.82) is 0 Å². The van der Waals surface area contributed by atoms with Crippen molar-refractivity contribution in [3.05, 3.63) is 12.3 Å². The highest BCUT2D eigenvalue weighted by atomic mass is 35.5. The molecule has 0 amide bonds. The summed E-state index contributed by atoms with van der Waals surface area (Å²) in [4.78, 5) is 0. The van der Waals surface area contributed by atoms with Crippen LogP contribution in [0.5, 0.6) is 0 Å². The van der Waals surface area contributed by atoms with Crippen LogP contribution in [0.4, 0.5) is 0 Å². The van der Waals surface area contributed by atoms with Crippen LogP contribution in [-0.2, 0) is 0 Å². The molecule has 0 N–H and O–H groups in total. The molecule has 0 fully saturated rings. The van der Waals surface area contributed by atoms with Gasteiger partial charge in [-0.2, -0.15) is 0 Å². The normalized spacial score (nSPS) is 10.4. The Balaban J connectivity index is 2.56. The fourth-order valence-corrected chi connectivity index (χ4v) is 1.72. The van der Waals surface area contributed by atoms with E-state index in [0.717, 1.165) is 5.88 Å². The van der Waals surface area contributed by atoms with Gasteiger partial charge in [0.15, 0.2) is 0 Å². The first kappa shape index (κ1) is 7.25. The first-order chi connectivity index (χ1) is 3.41. The van der Waals surface area contributed by atoms with E-state index in [1.165, 1.54) is 12.5 Å². The summed E-state index contributed by atoms with van der Waals surface area (Å²) < 4.78 is 0. The summed E-state index contributed by atoms with van der Waals surface area (Å²) in [7, 11) is 0.0902. The Bertz CT molecular complexity index is 45.3. The van der Waals surface area contributed by atoms with Crippen LogP contribution in [0.25, 0.3) is 0 Å². The van der Waals surface area contributed by atoms with Gasteiger partial charge in [0.2, 0.25) is 0 Å². The summed E-state index contributed by atoms with van der Waals surface area (Å²) in [5.74, 6) is 0.820. The minimum absolute atomic E-state index is 0.0902. The van der Waals surface area contributed by atoms with E-state index in [0.29, 0.717) is 0 Å². The maximum atomic E-state index is 5.43. The Labute approximate surface area is 52.4 Å². The first-order valence-corrected chi connectivity index (χ1v) is 4.93. The molecule has 0 bridgehead atoms. The van der Waals surface area contributed by atoms with Gasteiger partial charge in [0.25, 0.3) is 0 Å². The number of halogens is 1. The number of alkyl halides is 1. The predicted octanol–water partition coefficient (Wildman–Crippen LogP) is 1.35. The van der Waals surface area contributed by atoms with Crippen LogP contribution < -0.4 is 0 Å². The third-order valence-corrected chi connectivity index (χ3v) is 2.38. The van der Waals surface area contributed by atoms with Crippen LogP contribution in [-0.4, -0.2) is 15.4 Å². The summed E-state index contributed by atoms with van der Waals surface area (Å²) in [6.45, 7) is 3.65. The molecule has 0 rings (SSSR count). The van der Waals surface area contributed by atoms with E-state index in [2.05, 4.69) is 12.3 Å². The van der Waals surface area contributed by atoms with Crippen LogP contribution in [0.2, 0.25) is 6.04 Å². The average molecular weight is 135 g/mol. The van der Waals surface area contributed by atoms with Crippen molar-refractivity contribution in [3.8, 4) is 0 Å². The lowest BCUT2D eigenvalue weighted by atomic mass is 10.6. The van der Waals surface area contributed by atoms with Gasteiger partial charge in [0, 0.05) is 15.4 Å². The third kappa shape index (κ3) is 6.25. The predicted molar refractivity (Wildman–Crippen MR) is 38.9 cm³/mol. The Morgan fingerprint density at radius 2 is 2.43 bits per heavy atom. The van der Waals surface area contributed by atoms with E-state index in [-0.39, 0.29) is 9.52 Å². The first-order valence-electron chi connectivity index (χ1n) is 2.58. The van der Waals surface area contributed by atoms with E-state index >= 15 is 0 Å². The third-order valence-electron chi connectivity index (χ3n) is 0.792. The Hall–Kier alpha value is 0.247. The van der Waals surface area contributed by atoms with E-state index < -0.39 is 0 Å². The van der Waals surface area contributed by atoms with Crippen molar-refractivity contribution in [2.24, 2.45) is 0 Å². The molecule has 42 valence electrons. The van der Waals surface area contributed by atoms with Gasteiger partial charge in [0.05, 0.1) is 0 Å². The standard InChI is InChI=1S/C5H11ClSi/c1-2-7-5-3-4-6/h2H,1,3-5,7H2. The van der Waals surface area contributed by atoms with Crippen molar-refractivity contribution in [2.45, 2.75) is 12.5 Å². The second-order valence-electron chi connectivity index (χ2n) is 1.47. The van der Waals surface area contributed by atoms with Gasteiger partial charge < -0.3 is 0 Å². The molecule has 2 heteroatoms. The van der Waals surface area contributed by atoms with Crippen molar-refractivity contribution in [3.63, 3.8) is 0 Å². The molecular weight excluding hydrogens is 124 g/mol. The van der Waals surface area contributed by atoms with Gasteiger partial charge in [-0.3, -0.25) is 0 Å². The highest BCUT2D eigenvalue weighted by Crippen LogP contribution is 1.90. The molecule has 0 aliphatic rings. The lowest BCUT2D eigenvalue weighted by Crippen LogP contribution is -1.82.